The highest BCUT2D eigenvalue weighted by Crippen LogP contribution is 2.39. The Kier molecular flexibility index (Phi) is 5.61. The summed E-state index contributed by atoms with van der Waals surface area (Å²) in [6, 6.07) is 9.69. The van der Waals surface area contributed by atoms with E-state index in [0.29, 0.717) is 22.6 Å². The number of benzene rings is 1. The number of allylic oxidation sites excluding steroid dienone is 1. The maximum absolute atomic E-state index is 12.6. The zero-order chi connectivity index (χ0) is 19.7. The van der Waals surface area contributed by atoms with Gasteiger partial charge in [-0.15, -0.1) is 0 Å². The third-order valence-corrected chi connectivity index (χ3v) is 6.15. The number of hydrogen-bond donors (Lipinski definition) is 2. The summed E-state index contributed by atoms with van der Waals surface area (Å²) < 4.78 is 5.28. The van der Waals surface area contributed by atoms with Crippen LogP contribution in [-0.4, -0.2) is 23.3 Å². The number of H-pyrrole nitrogens is 1. The van der Waals surface area contributed by atoms with Gasteiger partial charge in [-0.05, 0) is 74.1 Å². The molecule has 2 aliphatic carbocycles. The van der Waals surface area contributed by atoms with Gasteiger partial charge in [-0.3, -0.25) is 4.79 Å². The van der Waals surface area contributed by atoms with Gasteiger partial charge in [0.25, 0.3) is 5.56 Å². The summed E-state index contributed by atoms with van der Waals surface area (Å²) in [6.07, 6.45) is 7.75. The van der Waals surface area contributed by atoms with Crippen molar-refractivity contribution < 1.29 is 9.84 Å². The van der Waals surface area contributed by atoms with Gasteiger partial charge in [0.1, 0.15) is 5.75 Å². The Balaban J connectivity index is 1.74. The number of pyridine rings is 1. The van der Waals surface area contributed by atoms with E-state index in [-0.39, 0.29) is 11.7 Å². The van der Waals surface area contributed by atoms with Crippen molar-refractivity contribution >= 4 is 17.2 Å². The molecule has 0 radical (unpaired) electrons. The number of rotatable bonds is 5. The highest BCUT2D eigenvalue weighted by atomic mass is 35.5. The van der Waals surface area contributed by atoms with E-state index in [9.17, 15) is 9.90 Å². The molecular weight excluding hydrogens is 374 g/mol. The molecular formula is C23H26ClNO3. The molecule has 0 bridgehead atoms. The molecule has 0 amide bonds. The molecule has 4 nitrogen and oxygen atoms in total. The fourth-order valence-corrected chi connectivity index (χ4v) is 4.29. The van der Waals surface area contributed by atoms with Crippen molar-refractivity contribution in [1.29, 1.82) is 0 Å². The molecule has 0 saturated heterocycles. The number of aliphatic hydroxyl groups excluding tert-OH is 1. The molecule has 0 spiro atoms. The van der Waals surface area contributed by atoms with Gasteiger partial charge < -0.3 is 14.8 Å². The molecule has 0 aliphatic heterocycles. The van der Waals surface area contributed by atoms with Crippen LogP contribution in [0.5, 0.6) is 5.75 Å². The third kappa shape index (κ3) is 4.18. The smallest absolute Gasteiger partial charge is 0.251 e. The third-order valence-electron chi connectivity index (χ3n) is 5.85. The van der Waals surface area contributed by atoms with E-state index in [1.807, 2.05) is 30.3 Å². The second-order valence-corrected chi connectivity index (χ2v) is 8.34. The van der Waals surface area contributed by atoms with Gasteiger partial charge in [0.15, 0.2) is 0 Å². The lowest BCUT2D eigenvalue weighted by Gasteiger charge is -2.24. The van der Waals surface area contributed by atoms with Gasteiger partial charge in [-0.2, -0.15) is 0 Å². The highest BCUT2D eigenvalue weighted by Gasteiger charge is 2.26. The fourth-order valence-electron chi connectivity index (χ4n) is 4.04. The summed E-state index contributed by atoms with van der Waals surface area (Å²) in [5.74, 6) is 1.41. The van der Waals surface area contributed by atoms with Crippen molar-refractivity contribution in [2.45, 2.75) is 50.5 Å². The summed E-state index contributed by atoms with van der Waals surface area (Å²) in [7, 11) is 1.60. The largest absolute Gasteiger partial charge is 0.495 e. The number of ether oxygens (including phenoxy) is 1. The van der Waals surface area contributed by atoms with Crippen molar-refractivity contribution in [2.24, 2.45) is 5.92 Å². The van der Waals surface area contributed by atoms with Crippen molar-refractivity contribution in [3.8, 4) is 5.75 Å². The zero-order valence-electron chi connectivity index (χ0n) is 16.1. The summed E-state index contributed by atoms with van der Waals surface area (Å²) >= 11 is 6.37. The molecule has 2 saturated carbocycles. The average Bonchev–Trinajstić information content (AvgIpc) is 3.52. The van der Waals surface area contributed by atoms with Crippen LogP contribution in [0, 0.1) is 5.92 Å². The minimum atomic E-state index is -0.193. The first-order valence-electron chi connectivity index (χ1n) is 10.0. The Morgan fingerprint density at radius 3 is 2.50 bits per heavy atom. The lowest BCUT2D eigenvalue weighted by molar-refractivity contribution is 0.118. The maximum Gasteiger partial charge on any atom is 0.251 e. The minimum absolute atomic E-state index is 0.00424. The molecule has 5 heteroatoms. The molecule has 148 valence electrons. The monoisotopic (exact) mass is 399 g/mol. The number of halogens is 1. The Hall–Kier alpha value is -2.04. The van der Waals surface area contributed by atoms with E-state index in [0.717, 1.165) is 60.9 Å². The quantitative estimate of drug-likeness (QED) is 0.751. The van der Waals surface area contributed by atoms with Gasteiger partial charge in [0.2, 0.25) is 0 Å². The molecule has 2 N–H and O–H groups in total. The topological polar surface area (TPSA) is 62.3 Å². The molecule has 2 aromatic rings. The van der Waals surface area contributed by atoms with Crippen LogP contribution in [0.2, 0.25) is 5.02 Å². The predicted octanol–water partition coefficient (Wildman–Crippen LogP) is 4.90. The lowest BCUT2D eigenvalue weighted by atomic mass is 9.85. The number of aromatic nitrogens is 1. The van der Waals surface area contributed by atoms with Gasteiger partial charge >= 0.3 is 0 Å². The molecule has 0 unspecified atom stereocenters. The van der Waals surface area contributed by atoms with E-state index in [4.69, 9.17) is 16.3 Å². The van der Waals surface area contributed by atoms with Gasteiger partial charge in [0, 0.05) is 16.8 Å². The summed E-state index contributed by atoms with van der Waals surface area (Å²) in [4.78, 5) is 15.7. The second-order valence-electron chi connectivity index (χ2n) is 7.93. The molecule has 1 aromatic carbocycles. The van der Waals surface area contributed by atoms with Crippen LogP contribution in [-0.2, 0) is 0 Å². The molecule has 4 rings (SSSR count). The number of methoxy groups -OCH3 is 1. The Bertz CT molecular complexity index is 937. The fraction of sp³-hybridized carbons (Fsp3) is 0.435. The van der Waals surface area contributed by atoms with E-state index >= 15 is 0 Å². The average molecular weight is 400 g/mol. The van der Waals surface area contributed by atoms with Crippen molar-refractivity contribution in [3.63, 3.8) is 0 Å². The second kappa shape index (κ2) is 8.14. The zero-order valence-corrected chi connectivity index (χ0v) is 16.8. The van der Waals surface area contributed by atoms with Crippen molar-refractivity contribution in [3.05, 3.63) is 68.6 Å². The number of aromatic amines is 1. The number of nitrogens with one attached hydrogen (secondary N) is 1. The minimum Gasteiger partial charge on any atom is -0.495 e. The van der Waals surface area contributed by atoms with Crippen molar-refractivity contribution in [1.82, 2.24) is 4.98 Å². The molecule has 1 heterocycles. The summed E-state index contributed by atoms with van der Waals surface area (Å²) in [5, 5.41) is 10.4. The molecule has 28 heavy (non-hydrogen) atoms. The Morgan fingerprint density at radius 1 is 1.14 bits per heavy atom. The highest BCUT2D eigenvalue weighted by molar-refractivity contribution is 6.32. The van der Waals surface area contributed by atoms with Crippen LogP contribution in [0.25, 0.3) is 5.57 Å². The van der Waals surface area contributed by atoms with Crippen molar-refractivity contribution in [2.75, 3.05) is 7.11 Å². The van der Waals surface area contributed by atoms with Gasteiger partial charge in [0.05, 0.1) is 18.2 Å². The number of hydrogen-bond acceptors (Lipinski definition) is 3. The van der Waals surface area contributed by atoms with Crippen LogP contribution in [0.4, 0.5) is 0 Å². The van der Waals surface area contributed by atoms with Crippen LogP contribution in [0.1, 0.15) is 61.3 Å². The first-order valence-corrected chi connectivity index (χ1v) is 10.4. The number of aliphatic hydroxyl groups is 1. The van der Waals surface area contributed by atoms with E-state index < -0.39 is 0 Å². The van der Waals surface area contributed by atoms with Gasteiger partial charge in [-0.1, -0.05) is 29.8 Å². The maximum atomic E-state index is 12.6. The van der Waals surface area contributed by atoms with E-state index in [1.165, 1.54) is 0 Å². The summed E-state index contributed by atoms with van der Waals surface area (Å²) in [6.45, 7) is 0. The molecule has 1 aromatic heterocycles. The van der Waals surface area contributed by atoms with Crippen LogP contribution in [0.15, 0.2) is 41.2 Å². The van der Waals surface area contributed by atoms with E-state index in [2.05, 4.69) is 11.1 Å². The first-order chi connectivity index (χ1) is 13.5. The lowest BCUT2D eigenvalue weighted by Crippen LogP contribution is -2.18. The van der Waals surface area contributed by atoms with Crippen LogP contribution >= 0.6 is 11.6 Å². The predicted molar refractivity (Wildman–Crippen MR) is 112 cm³/mol. The SMILES string of the molecule is COc1ccc(/C(=C/C2CCC(O)CC2)c2ccc(C3CC3)c(=O)[nH]2)cc1Cl. The normalized spacial score (nSPS) is 22.9. The standard InChI is InChI=1S/C23H26ClNO3/c1-28-22-11-6-16(13-20(22)24)19(12-14-2-7-17(26)8-3-14)21-10-9-18(15-4-5-15)23(27)25-21/h6,9-15,17,26H,2-5,7-8H2,1H3,(H,25,27)/b19-12-. The molecule has 0 atom stereocenters. The first kappa shape index (κ1) is 19.3. The van der Waals surface area contributed by atoms with E-state index in [1.54, 1.807) is 7.11 Å². The molecule has 2 aliphatic rings. The van der Waals surface area contributed by atoms with Gasteiger partial charge in [-0.25, -0.2) is 0 Å². The Morgan fingerprint density at radius 2 is 1.89 bits per heavy atom. The molecule has 2 fully saturated rings. The van der Waals surface area contributed by atoms with Crippen LogP contribution < -0.4 is 10.3 Å². The van der Waals surface area contributed by atoms with Crippen LogP contribution in [0.3, 0.4) is 0 Å². The summed E-state index contributed by atoms with van der Waals surface area (Å²) in [5.41, 5.74) is 3.63. The Labute approximate surface area is 170 Å².